The van der Waals surface area contributed by atoms with Crippen LogP contribution in [0.4, 0.5) is 4.79 Å². The van der Waals surface area contributed by atoms with Crippen LogP contribution in [-0.2, 0) is 9.53 Å². The molecular formula is C12H22N2O4. The molecule has 1 atom stereocenters. The molecule has 1 heterocycles. The first kappa shape index (κ1) is 14.8. The summed E-state index contributed by atoms with van der Waals surface area (Å²) in [5.74, 6) is -0.988. The average molecular weight is 258 g/mol. The molecule has 104 valence electrons. The number of carboxylic acids is 1. The van der Waals surface area contributed by atoms with Crippen molar-refractivity contribution in [1.29, 1.82) is 0 Å². The fraction of sp³-hybridized carbons (Fsp3) is 0.833. The molecule has 0 aromatic carbocycles. The number of rotatable bonds is 4. The lowest BCUT2D eigenvalue weighted by Crippen LogP contribution is -2.56. The third kappa shape index (κ3) is 4.18. The van der Waals surface area contributed by atoms with Crippen LogP contribution in [0.5, 0.6) is 0 Å². The van der Waals surface area contributed by atoms with Crippen molar-refractivity contribution in [3.05, 3.63) is 0 Å². The molecule has 1 aliphatic heterocycles. The molecule has 1 rings (SSSR count). The van der Waals surface area contributed by atoms with Crippen molar-refractivity contribution in [3.63, 3.8) is 0 Å². The van der Waals surface area contributed by atoms with E-state index in [4.69, 9.17) is 9.84 Å². The van der Waals surface area contributed by atoms with Crippen LogP contribution in [0.15, 0.2) is 0 Å². The predicted octanol–water partition coefficient (Wildman–Crippen LogP) is 1.06. The van der Waals surface area contributed by atoms with Crippen LogP contribution in [0.2, 0.25) is 0 Å². The van der Waals surface area contributed by atoms with Gasteiger partial charge in [-0.25, -0.2) is 9.59 Å². The minimum Gasteiger partial charge on any atom is -0.480 e. The number of aliphatic carboxylic acids is 1. The normalized spacial score (nSPS) is 20.3. The quantitative estimate of drug-likeness (QED) is 0.790. The third-order valence-corrected chi connectivity index (χ3v) is 2.89. The van der Waals surface area contributed by atoms with E-state index in [1.165, 1.54) is 0 Å². The van der Waals surface area contributed by atoms with Gasteiger partial charge in [0.25, 0.3) is 0 Å². The number of hydrogen-bond donors (Lipinski definition) is 2. The summed E-state index contributed by atoms with van der Waals surface area (Å²) in [6.07, 6.45) is 1.15. The van der Waals surface area contributed by atoms with Gasteiger partial charge in [0.2, 0.25) is 0 Å². The Balaban J connectivity index is 2.55. The van der Waals surface area contributed by atoms with Crippen molar-refractivity contribution >= 4 is 12.0 Å². The SMILES string of the molecule is CCCC(NC(=O)N1CCOC(C)(C)C1)C(=O)O. The van der Waals surface area contributed by atoms with Crippen molar-refractivity contribution in [2.45, 2.75) is 45.3 Å². The van der Waals surface area contributed by atoms with Gasteiger partial charge in [-0.2, -0.15) is 0 Å². The summed E-state index contributed by atoms with van der Waals surface area (Å²) in [5.41, 5.74) is -0.376. The molecule has 0 saturated carbocycles. The standard InChI is InChI=1S/C12H22N2O4/c1-4-5-9(10(15)16)13-11(17)14-6-7-18-12(2,3)8-14/h9H,4-8H2,1-3H3,(H,13,17)(H,15,16). The number of nitrogens with one attached hydrogen (secondary N) is 1. The summed E-state index contributed by atoms with van der Waals surface area (Å²) in [6.45, 7) is 7.15. The van der Waals surface area contributed by atoms with E-state index in [0.29, 0.717) is 32.5 Å². The van der Waals surface area contributed by atoms with Gasteiger partial charge in [-0.15, -0.1) is 0 Å². The Morgan fingerprint density at radius 3 is 2.67 bits per heavy atom. The number of carbonyl (C=O) groups excluding carboxylic acids is 1. The lowest BCUT2D eigenvalue weighted by molar-refractivity contribution is -0.139. The number of amides is 2. The summed E-state index contributed by atoms with van der Waals surface area (Å²) >= 11 is 0. The van der Waals surface area contributed by atoms with Crippen LogP contribution in [0, 0.1) is 0 Å². The van der Waals surface area contributed by atoms with Gasteiger partial charge in [0, 0.05) is 6.54 Å². The second kappa shape index (κ2) is 6.04. The van der Waals surface area contributed by atoms with E-state index >= 15 is 0 Å². The molecule has 2 amide bonds. The first-order valence-electron chi connectivity index (χ1n) is 6.28. The number of nitrogens with zero attached hydrogens (tertiary/aromatic N) is 1. The highest BCUT2D eigenvalue weighted by molar-refractivity contribution is 5.82. The first-order chi connectivity index (χ1) is 8.35. The molecule has 0 aromatic heterocycles. The van der Waals surface area contributed by atoms with Gasteiger partial charge >= 0.3 is 12.0 Å². The van der Waals surface area contributed by atoms with Gasteiger partial charge in [0.15, 0.2) is 0 Å². The second-order valence-electron chi connectivity index (χ2n) is 5.16. The van der Waals surface area contributed by atoms with Crippen LogP contribution >= 0.6 is 0 Å². The molecule has 1 unspecified atom stereocenters. The Labute approximate surface area is 107 Å². The van der Waals surface area contributed by atoms with Gasteiger partial charge < -0.3 is 20.1 Å². The number of carboxylic acid groups (broad SMARTS) is 1. The number of morpholine rings is 1. The van der Waals surface area contributed by atoms with E-state index in [2.05, 4.69) is 5.32 Å². The Morgan fingerprint density at radius 2 is 2.17 bits per heavy atom. The number of urea groups is 1. The molecule has 0 bridgehead atoms. The van der Waals surface area contributed by atoms with E-state index < -0.39 is 12.0 Å². The predicted molar refractivity (Wildman–Crippen MR) is 66.5 cm³/mol. The maximum atomic E-state index is 12.0. The van der Waals surface area contributed by atoms with E-state index in [1.807, 2.05) is 20.8 Å². The smallest absolute Gasteiger partial charge is 0.326 e. The summed E-state index contributed by atoms with van der Waals surface area (Å²) in [5, 5.41) is 11.6. The maximum Gasteiger partial charge on any atom is 0.326 e. The van der Waals surface area contributed by atoms with Gasteiger partial charge in [0.05, 0.1) is 18.8 Å². The van der Waals surface area contributed by atoms with E-state index in [0.717, 1.165) is 0 Å². The van der Waals surface area contributed by atoms with Crippen molar-refractivity contribution in [2.24, 2.45) is 0 Å². The van der Waals surface area contributed by atoms with Crippen molar-refractivity contribution in [2.75, 3.05) is 19.7 Å². The Morgan fingerprint density at radius 1 is 1.50 bits per heavy atom. The van der Waals surface area contributed by atoms with Gasteiger partial charge in [-0.3, -0.25) is 0 Å². The lowest BCUT2D eigenvalue weighted by atomic mass is 10.1. The van der Waals surface area contributed by atoms with E-state index in [9.17, 15) is 9.59 Å². The molecular weight excluding hydrogens is 236 g/mol. The van der Waals surface area contributed by atoms with Crippen molar-refractivity contribution in [3.8, 4) is 0 Å². The Bertz CT molecular complexity index is 317. The Kier molecular flexibility index (Phi) is 4.95. The minimum atomic E-state index is -0.988. The molecule has 1 fully saturated rings. The first-order valence-corrected chi connectivity index (χ1v) is 6.28. The average Bonchev–Trinajstić information content (AvgIpc) is 2.26. The molecule has 0 aromatic rings. The summed E-state index contributed by atoms with van der Waals surface area (Å²) in [4.78, 5) is 24.6. The van der Waals surface area contributed by atoms with E-state index in [1.54, 1.807) is 4.90 Å². The monoisotopic (exact) mass is 258 g/mol. The highest BCUT2D eigenvalue weighted by Gasteiger charge is 2.31. The Hall–Kier alpha value is -1.30. The molecule has 6 heteroatoms. The minimum absolute atomic E-state index is 0.327. The molecule has 0 aliphatic carbocycles. The molecule has 6 nitrogen and oxygen atoms in total. The second-order valence-corrected chi connectivity index (χ2v) is 5.16. The highest BCUT2D eigenvalue weighted by Crippen LogP contribution is 2.16. The van der Waals surface area contributed by atoms with Gasteiger partial charge in [-0.1, -0.05) is 13.3 Å². The molecule has 2 N–H and O–H groups in total. The fourth-order valence-corrected chi connectivity index (χ4v) is 1.98. The van der Waals surface area contributed by atoms with Crippen LogP contribution in [0.3, 0.4) is 0 Å². The van der Waals surface area contributed by atoms with E-state index in [-0.39, 0.29) is 11.6 Å². The van der Waals surface area contributed by atoms with Crippen LogP contribution in [-0.4, -0.2) is 53.3 Å². The zero-order valence-corrected chi connectivity index (χ0v) is 11.2. The zero-order valence-electron chi connectivity index (χ0n) is 11.2. The summed E-state index contributed by atoms with van der Waals surface area (Å²) in [6, 6.07) is -1.14. The van der Waals surface area contributed by atoms with Gasteiger partial charge in [0.1, 0.15) is 6.04 Å². The largest absolute Gasteiger partial charge is 0.480 e. The summed E-state index contributed by atoms with van der Waals surface area (Å²) in [7, 11) is 0. The molecule has 1 aliphatic rings. The topological polar surface area (TPSA) is 78.9 Å². The van der Waals surface area contributed by atoms with Crippen molar-refractivity contribution < 1.29 is 19.4 Å². The number of hydrogen-bond acceptors (Lipinski definition) is 3. The zero-order chi connectivity index (χ0) is 13.8. The van der Waals surface area contributed by atoms with Gasteiger partial charge in [-0.05, 0) is 20.3 Å². The lowest BCUT2D eigenvalue weighted by Gasteiger charge is -2.38. The third-order valence-electron chi connectivity index (χ3n) is 2.89. The number of carbonyl (C=O) groups is 2. The van der Waals surface area contributed by atoms with Crippen LogP contribution < -0.4 is 5.32 Å². The highest BCUT2D eigenvalue weighted by atomic mass is 16.5. The number of ether oxygens (including phenoxy) is 1. The van der Waals surface area contributed by atoms with Crippen molar-refractivity contribution in [1.82, 2.24) is 10.2 Å². The molecule has 0 spiro atoms. The summed E-state index contributed by atoms with van der Waals surface area (Å²) < 4.78 is 5.51. The molecule has 1 saturated heterocycles. The molecule has 18 heavy (non-hydrogen) atoms. The van der Waals surface area contributed by atoms with Crippen LogP contribution in [0.25, 0.3) is 0 Å². The molecule has 0 radical (unpaired) electrons. The van der Waals surface area contributed by atoms with Crippen LogP contribution in [0.1, 0.15) is 33.6 Å². The maximum absolute atomic E-state index is 12.0. The fourth-order valence-electron chi connectivity index (χ4n) is 1.98.